The van der Waals surface area contributed by atoms with Crippen LogP contribution in [0.2, 0.25) is 0 Å². The highest BCUT2D eigenvalue weighted by Gasteiger charge is 2.38. The highest BCUT2D eigenvalue weighted by atomic mass is 16.5. The van der Waals surface area contributed by atoms with Crippen molar-refractivity contribution in [1.82, 2.24) is 10.5 Å². The molecular formula is C20H26N2O3. The summed E-state index contributed by atoms with van der Waals surface area (Å²) in [6, 6.07) is 8.00. The number of carbonyl (C=O) groups excluding carboxylic acids is 1. The van der Waals surface area contributed by atoms with E-state index >= 15 is 0 Å². The predicted octanol–water partition coefficient (Wildman–Crippen LogP) is 4.31. The Kier molecular flexibility index (Phi) is 4.84. The first-order valence-electron chi connectivity index (χ1n) is 8.90. The summed E-state index contributed by atoms with van der Waals surface area (Å²) in [6.07, 6.45) is 4.08. The van der Waals surface area contributed by atoms with Crippen LogP contribution in [-0.2, 0) is 5.54 Å². The van der Waals surface area contributed by atoms with Crippen LogP contribution in [0.15, 0.2) is 28.8 Å². The van der Waals surface area contributed by atoms with Gasteiger partial charge in [0, 0.05) is 0 Å². The number of nitrogens with one attached hydrogen (secondary N) is 1. The maximum atomic E-state index is 13.1. The summed E-state index contributed by atoms with van der Waals surface area (Å²) >= 11 is 0. The van der Waals surface area contributed by atoms with Gasteiger partial charge < -0.3 is 14.6 Å². The lowest BCUT2D eigenvalue weighted by molar-refractivity contribution is 0.0895. The van der Waals surface area contributed by atoms with Gasteiger partial charge in [-0.2, -0.15) is 0 Å². The van der Waals surface area contributed by atoms with Gasteiger partial charge >= 0.3 is 0 Å². The molecule has 1 aromatic heterocycles. The summed E-state index contributed by atoms with van der Waals surface area (Å²) in [4.78, 5) is 13.1. The number of benzene rings is 1. The topological polar surface area (TPSA) is 64.4 Å². The fraction of sp³-hybridized carbons (Fsp3) is 0.500. The van der Waals surface area contributed by atoms with Crippen molar-refractivity contribution >= 4 is 5.91 Å². The second-order valence-electron chi connectivity index (χ2n) is 7.13. The van der Waals surface area contributed by atoms with Crippen molar-refractivity contribution in [1.29, 1.82) is 0 Å². The molecule has 1 saturated carbocycles. The number of methoxy groups -OCH3 is 1. The molecule has 0 atom stereocenters. The van der Waals surface area contributed by atoms with Crippen molar-refractivity contribution in [2.24, 2.45) is 0 Å². The number of hydrogen-bond donors (Lipinski definition) is 1. The number of nitrogens with zero attached hydrogens (tertiary/aromatic N) is 1. The monoisotopic (exact) mass is 342 g/mol. The Bertz CT molecular complexity index is 741. The van der Waals surface area contributed by atoms with Gasteiger partial charge in [-0.05, 0) is 43.4 Å². The maximum absolute atomic E-state index is 13.1. The smallest absolute Gasteiger partial charge is 0.257 e. The van der Waals surface area contributed by atoms with Gasteiger partial charge in [0.25, 0.3) is 5.91 Å². The standard InChI is InChI=1S/C20H26N2O3/c1-13(2)18-17(14(3)25-22-18)19(23)21-20(11-5-6-12-20)15-7-9-16(24-4)10-8-15/h7-10,13H,5-6,11-12H2,1-4H3,(H,21,23). The van der Waals surface area contributed by atoms with E-state index in [4.69, 9.17) is 9.26 Å². The third-order valence-electron chi connectivity index (χ3n) is 5.12. The number of rotatable bonds is 5. The highest BCUT2D eigenvalue weighted by Crippen LogP contribution is 2.40. The number of ether oxygens (including phenoxy) is 1. The zero-order chi connectivity index (χ0) is 18.0. The van der Waals surface area contributed by atoms with E-state index in [1.54, 1.807) is 14.0 Å². The third kappa shape index (κ3) is 3.28. The summed E-state index contributed by atoms with van der Waals surface area (Å²) in [6.45, 7) is 5.83. The van der Waals surface area contributed by atoms with E-state index in [9.17, 15) is 4.79 Å². The van der Waals surface area contributed by atoms with Crippen LogP contribution in [0.25, 0.3) is 0 Å². The van der Waals surface area contributed by atoms with Crippen molar-refractivity contribution in [3.63, 3.8) is 0 Å². The number of aromatic nitrogens is 1. The van der Waals surface area contributed by atoms with E-state index in [0.29, 0.717) is 11.3 Å². The number of carbonyl (C=O) groups is 1. The molecule has 0 unspecified atom stereocenters. The van der Waals surface area contributed by atoms with Crippen LogP contribution in [0.3, 0.4) is 0 Å². The van der Waals surface area contributed by atoms with Gasteiger partial charge in [0.15, 0.2) is 0 Å². The molecule has 1 N–H and O–H groups in total. The second kappa shape index (κ2) is 6.90. The molecule has 5 nitrogen and oxygen atoms in total. The number of hydrogen-bond acceptors (Lipinski definition) is 4. The molecule has 134 valence electrons. The maximum Gasteiger partial charge on any atom is 0.257 e. The normalized spacial score (nSPS) is 16.2. The van der Waals surface area contributed by atoms with Crippen molar-refractivity contribution < 1.29 is 14.1 Å². The van der Waals surface area contributed by atoms with Crippen LogP contribution < -0.4 is 10.1 Å². The van der Waals surface area contributed by atoms with Crippen LogP contribution in [0.1, 0.15) is 72.8 Å². The highest BCUT2D eigenvalue weighted by molar-refractivity contribution is 5.97. The lowest BCUT2D eigenvalue weighted by Crippen LogP contribution is -2.44. The largest absolute Gasteiger partial charge is 0.497 e. The van der Waals surface area contributed by atoms with Crippen LogP contribution in [-0.4, -0.2) is 18.2 Å². The summed E-state index contributed by atoms with van der Waals surface area (Å²) in [7, 11) is 1.66. The van der Waals surface area contributed by atoms with Crippen molar-refractivity contribution in [3.05, 3.63) is 46.8 Å². The Morgan fingerprint density at radius 3 is 2.44 bits per heavy atom. The van der Waals surface area contributed by atoms with Crippen LogP contribution >= 0.6 is 0 Å². The molecular weight excluding hydrogens is 316 g/mol. The summed E-state index contributed by atoms with van der Waals surface area (Å²) in [5, 5.41) is 7.38. The molecule has 1 aliphatic rings. The van der Waals surface area contributed by atoms with E-state index in [1.165, 1.54) is 0 Å². The van der Waals surface area contributed by atoms with Crippen LogP contribution in [0, 0.1) is 6.92 Å². The van der Waals surface area contributed by atoms with E-state index in [2.05, 4.69) is 10.5 Å². The Labute approximate surface area is 148 Å². The van der Waals surface area contributed by atoms with Gasteiger partial charge in [0.1, 0.15) is 17.1 Å². The first-order valence-corrected chi connectivity index (χ1v) is 8.90. The molecule has 0 spiro atoms. The first-order chi connectivity index (χ1) is 12.0. The SMILES string of the molecule is COc1ccc(C2(NC(=O)c3c(C(C)C)noc3C)CCCC2)cc1. The Hall–Kier alpha value is -2.30. The van der Waals surface area contributed by atoms with Crippen molar-refractivity contribution in [2.45, 2.75) is 57.9 Å². The minimum Gasteiger partial charge on any atom is -0.497 e. The van der Waals surface area contributed by atoms with Crippen LogP contribution in [0.5, 0.6) is 5.75 Å². The van der Waals surface area contributed by atoms with E-state index < -0.39 is 0 Å². The van der Waals surface area contributed by atoms with Gasteiger partial charge in [0.2, 0.25) is 0 Å². The zero-order valence-corrected chi connectivity index (χ0v) is 15.4. The molecule has 1 aromatic carbocycles. The molecule has 1 fully saturated rings. The third-order valence-corrected chi connectivity index (χ3v) is 5.12. The zero-order valence-electron chi connectivity index (χ0n) is 15.4. The molecule has 1 aliphatic carbocycles. The second-order valence-corrected chi connectivity index (χ2v) is 7.13. The van der Waals surface area contributed by atoms with E-state index in [0.717, 1.165) is 42.7 Å². The molecule has 1 amide bonds. The number of aryl methyl sites for hydroxylation is 1. The molecule has 5 heteroatoms. The van der Waals surface area contributed by atoms with E-state index in [1.807, 2.05) is 38.1 Å². The lowest BCUT2D eigenvalue weighted by Gasteiger charge is -2.31. The lowest BCUT2D eigenvalue weighted by atomic mass is 9.87. The average molecular weight is 342 g/mol. The summed E-state index contributed by atoms with van der Waals surface area (Å²) in [5.74, 6) is 1.43. The first kappa shape index (κ1) is 17.5. The van der Waals surface area contributed by atoms with Crippen molar-refractivity contribution in [2.75, 3.05) is 7.11 Å². The summed E-state index contributed by atoms with van der Waals surface area (Å²) < 4.78 is 10.5. The fourth-order valence-electron chi connectivity index (χ4n) is 3.71. The van der Waals surface area contributed by atoms with Crippen LogP contribution in [0.4, 0.5) is 0 Å². The minimum atomic E-state index is -0.332. The van der Waals surface area contributed by atoms with E-state index in [-0.39, 0.29) is 17.4 Å². The minimum absolute atomic E-state index is 0.0971. The molecule has 2 aromatic rings. The molecule has 0 aliphatic heterocycles. The summed E-state index contributed by atoms with van der Waals surface area (Å²) in [5.41, 5.74) is 2.09. The number of amides is 1. The van der Waals surface area contributed by atoms with Gasteiger partial charge in [-0.25, -0.2) is 0 Å². The molecule has 0 saturated heterocycles. The van der Waals surface area contributed by atoms with Gasteiger partial charge in [-0.3, -0.25) is 4.79 Å². The Balaban J connectivity index is 1.92. The van der Waals surface area contributed by atoms with Gasteiger partial charge in [-0.1, -0.05) is 44.0 Å². The fourth-order valence-corrected chi connectivity index (χ4v) is 3.71. The predicted molar refractivity (Wildman–Crippen MR) is 95.9 cm³/mol. The average Bonchev–Trinajstić information content (AvgIpc) is 3.22. The van der Waals surface area contributed by atoms with Gasteiger partial charge in [0.05, 0.1) is 18.3 Å². The molecule has 3 rings (SSSR count). The molecule has 0 bridgehead atoms. The molecule has 25 heavy (non-hydrogen) atoms. The Morgan fingerprint density at radius 1 is 1.24 bits per heavy atom. The van der Waals surface area contributed by atoms with Gasteiger partial charge in [-0.15, -0.1) is 0 Å². The molecule has 1 heterocycles. The quantitative estimate of drug-likeness (QED) is 0.879. The van der Waals surface area contributed by atoms with Crippen molar-refractivity contribution in [3.8, 4) is 5.75 Å². The Morgan fingerprint density at radius 2 is 1.88 bits per heavy atom. The molecule has 0 radical (unpaired) electrons.